The van der Waals surface area contributed by atoms with Gasteiger partial charge in [0.25, 0.3) is 0 Å². The lowest BCUT2D eigenvalue weighted by molar-refractivity contribution is 0.598. The van der Waals surface area contributed by atoms with Crippen molar-refractivity contribution in [1.82, 2.24) is 4.57 Å². The lowest BCUT2D eigenvalue weighted by Crippen LogP contribution is -2.12. The van der Waals surface area contributed by atoms with Crippen molar-refractivity contribution in [2.45, 2.75) is 25.7 Å². The number of rotatable bonds is 4. The highest BCUT2D eigenvalue weighted by molar-refractivity contribution is 7.89. The van der Waals surface area contributed by atoms with Crippen LogP contribution in [0.15, 0.2) is 64.5 Å². The van der Waals surface area contributed by atoms with E-state index in [1.807, 2.05) is 51.3 Å². The third-order valence-corrected chi connectivity index (χ3v) is 5.28. The molecule has 0 atom stereocenters. The van der Waals surface area contributed by atoms with Gasteiger partial charge in [0.1, 0.15) is 0 Å². The number of hydrogen-bond acceptors (Lipinski definition) is 3. The molecule has 0 radical (unpaired) electrons. The van der Waals surface area contributed by atoms with Gasteiger partial charge in [0, 0.05) is 28.9 Å². The lowest BCUT2D eigenvalue weighted by atomic mass is 10.2. The maximum absolute atomic E-state index is 11.4. The lowest BCUT2D eigenvalue weighted by Gasteiger charge is -2.10. The fourth-order valence-corrected chi connectivity index (χ4v) is 3.46. The van der Waals surface area contributed by atoms with E-state index in [0.717, 1.165) is 33.9 Å². The van der Waals surface area contributed by atoms with Crippen molar-refractivity contribution in [3.05, 3.63) is 77.1 Å². The first-order valence-corrected chi connectivity index (χ1v) is 9.74. The van der Waals surface area contributed by atoms with Crippen molar-refractivity contribution in [2.24, 2.45) is 10.1 Å². The molecule has 5 nitrogen and oxygen atoms in total. The Kier molecular flexibility index (Phi) is 4.80. The summed E-state index contributed by atoms with van der Waals surface area (Å²) in [6, 6.07) is 16.6. The van der Waals surface area contributed by atoms with Crippen molar-refractivity contribution in [3.8, 4) is 5.69 Å². The van der Waals surface area contributed by atoms with Crippen LogP contribution >= 0.6 is 0 Å². The average molecular weight is 367 g/mol. The molecule has 0 saturated heterocycles. The molecule has 3 aromatic rings. The van der Waals surface area contributed by atoms with Crippen LogP contribution in [0.3, 0.4) is 0 Å². The molecule has 0 aliphatic rings. The third kappa shape index (κ3) is 3.61. The molecule has 6 heteroatoms. The molecular weight excluding hydrogens is 346 g/mol. The Balaban J connectivity index is 1.97. The van der Waals surface area contributed by atoms with Crippen LogP contribution in [0.4, 0.5) is 5.69 Å². The van der Waals surface area contributed by atoms with Crippen LogP contribution in [0.1, 0.15) is 22.5 Å². The molecule has 2 aromatic carbocycles. The summed E-state index contributed by atoms with van der Waals surface area (Å²) < 4.78 is 24.9. The Morgan fingerprint density at radius 3 is 2.27 bits per heavy atom. The molecule has 2 N–H and O–H groups in total. The van der Waals surface area contributed by atoms with E-state index < -0.39 is 10.0 Å². The number of nitrogens with zero attached hydrogens (tertiary/aromatic N) is 2. The molecule has 1 aromatic heterocycles. The number of para-hydroxylation sites is 1. The molecule has 0 spiro atoms. The first-order chi connectivity index (χ1) is 12.3. The molecule has 0 bridgehead atoms. The van der Waals surface area contributed by atoms with Gasteiger partial charge in [-0.3, -0.25) is 4.99 Å². The summed E-state index contributed by atoms with van der Waals surface area (Å²) in [6.07, 6.45) is 1.86. The molecule has 0 fully saturated rings. The minimum absolute atomic E-state index is 0.102. The van der Waals surface area contributed by atoms with Gasteiger partial charge in [-0.15, -0.1) is 0 Å². The number of nitrogens with two attached hydrogens (primary N) is 1. The number of aromatic nitrogens is 1. The van der Waals surface area contributed by atoms with E-state index in [9.17, 15) is 8.42 Å². The topological polar surface area (TPSA) is 77.5 Å². The second kappa shape index (κ2) is 6.90. The maximum atomic E-state index is 11.4. The van der Waals surface area contributed by atoms with Gasteiger partial charge in [0.05, 0.1) is 10.6 Å². The van der Waals surface area contributed by atoms with Gasteiger partial charge in [-0.05, 0) is 62.7 Å². The van der Waals surface area contributed by atoms with Crippen LogP contribution in [0.25, 0.3) is 5.69 Å². The minimum atomic E-state index is -3.69. The highest BCUT2D eigenvalue weighted by Gasteiger charge is 2.12. The van der Waals surface area contributed by atoms with Gasteiger partial charge in [-0.25, -0.2) is 13.6 Å². The van der Waals surface area contributed by atoms with Crippen LogP contribution < -0.4 is 5.14 Å². The van der Waals surface area contributed by atoms with Crippen molar-refractivity contribution >= 4 is 21.9 Å². The molecule has 3 rings (SSSR count). The number of primary sulfonamides is 1. The molecule has 26 heavy (non-hydrogen) atoms. The molecular formula is C20H21N3O2S. The van der Waals surface area contributed by atoms with E-state index in [1.165, 1.54) is 12.1 Å². The zero-order valence-corrected chi connectivity index (χ0v) is 15.8. The number of aliphatic imine (C=N–C) groups is 1. The minimum Gasteiger partial charge on any atom is -0.318 e. The Bertz CT molecular complexity index is 1080. The van der Waals surface area contributed by atoms with Gasteiger partial charge in [-0.2, -0.15) is 0 Å². The summed E-state index contributed by atoms with van der Waals surface area (Å²) in [5.74, 6) is 0. The van der Waals surface area contributed by atoms with E-state index in [4.69, 9.17) is 5.14 Å². The van der Waals surface area contributed by atoms with Crippen LogP contribution in [-0.4, -0.2) is 19.2 Å². The summed E-state index contributed by atoms with van der Waals surface area (Å²) in [4.78, 5) is 4.70. The molecule has 0 amide bonds. The number of hydrogen-bond donors (Lipinski definition) is 1. The van der Waals surface area contributed by atoms with Crippen molar-refractivity contribution in [1.29, 1.82) is 0 Å². The summed E-state index contributed by atoms with van der Waals surface area (Å²) >= 11 is 0. The van der Waals surface area contributed by atoms with Crippen molar-refractivity contribution in [2.75, 3.05) is 0 Å². The van der Waals surface area contributed by atoms with Crippen molar-refractivity contribution in [3.63, 3.8) is 0 Å². The summed E-state index contributed by atoms with van der Waals surface area (Å²) in [5.41, 5.74) is 6.02. The van der Waals surface area contributed by atoms with Gasteiger partial charge < -0.3 is 4.57 Å². The summed E-state index contributed by atoms with van der Waals surface area (Å²) in [5, 5.41) is 5.16. The van der Waals surface area contributed by atoms with Gasteiger partial charge >= 0.3 is 0 Å². The van der Waals surface area contributed by atoms with Crippen LogP contribution in [-0.2, 0) is 10.0 Å². The zero-order valence-electron chi connectivity index (χ0n) is 15.0. The average Bonchev–Trinajstić information content (AvgIpc) is 2.87. The fourth-order valence-electron chi connectivity index (χ4n) is 2.95. The number of benzene rings is 2. The number of aryl methyl sites for hydroxylation is 2. The monoisotopic (exact) mass is 367 g/mol. The fraction of sp³-hybridized carbons (Fsp3) is 0.150. The van der Waals surface area contributed by atoms with Gasteiger partial charge in [0.2, 0.25) is 10.0 Å². The Hall–Kier alpha value is -2.70. The van der Waals surface area contributed by atoms with Crippen LogP contribution in [0.2, 0.25) is 0 Å². The standard InChI is InChI=1S/C20H21N3O2S/c1-14-6-4-5-7-20(14)22-13-17-12-15(2)23(16(17)3)18-8-10-19(11-9-18)26(21,24)25/h4-13H,1-3H3,(H2,21,24,25). The first kappa shape index (κ1) is 18.1. The van der Waals surface area contributed by atoms with Crippen LogP contribution in [0.5, 0.6) is 0 Å². The van der Waals surface area contributed by atoms with E-state index in [-0.39, 0.29) is 4.90 Å². The molecule has 0 aliphatic carbocycles. The molecule has 0 saturated carbocycles. The Morgan fingerprint density at radius 2 is 1.65 bits per heavy atom. The second-order valence-electron chi connectivity index (χ2n) is 6.25. The summed E-state index contributed by atoms with van der Waals surface area (Å²) in [6.45, 7) is 6.05. The highest BCUT2D eigenvalue weighted by atomic mass is 32.2. The Morgan fingerprint density at radius 1 is 1.00 bits per heavy atom. The maximum Gasteiger partial charge on any atom is 0.238 e. The smallest absolute Gasteiger partial charge is 0.238 e. The molecule has 0 unspecified atom stereocenters. The largest absolute Gasteiger partial charge is 0.318 e. The zero-order chi connectivity index (χ0) is 18.9. The first-order valence-electron chi connectivity index (χ1n) is 8.19. The van der Waals surface area contributed by atoms with Gasteiger partial charge in [0.15, 0.2) is 0 Å². The van der Waals surface area contributed by atoms with Gasteiger partial charge in [-0.1, -0.05) is 18.2 Å². The van der Waals surface area contributed by atoms with E-state index in [1.54, 1.807) is 12.1 Å². The summed E-state index contributed by atoms with van der Waals surface area (Å²) in [7, 11) is -3.69. The van der Waals surface area contributed by atoms with E-state index >= 15 is 0 Å². The second-order valence-corrected chi connectivity index (χ2v) is 7.81. The van der Waals surface area contributed by atoms with Crippen LogP contribution in [0, 0.1) is 20.8 Å². The normalized spacial score (nSPS) is 12.0. The quantitative estimate of drug-likeness (QED) is 0.712. The SMILES string of the molecule is Cc1ccccc1N=Cc1cc(C)n(-c2ccc(S(N)(=O)=O)cc2)c1C. The van der Waals surface area contributed by atoms with Crippen molar-refractivity contribution < 1.29 is 8.42 Å². The van der Waals surface area contributed by atoms with E-state index in [2.05, 4.69) is 15.6 Å². The molecule has 0 aliphatic heterocycles. The number of sulfonamides is 1. The highest BCUT2D eigenvalue weighted by Crippen LogP contribution is 2.22. The van der Waals surface area contributed by atoms with E-state index in [0.29, 0.717) is 0 Å². The third-order valence-electron chi connectivity index (χ3n) is 4.35. The Labute approximate surface area is 153 Å². The predicted octanol–water partition coefficient (Wildman–Crippen LogP) is 3.80. The molecule has 134 valence electrons. The predicted molar refractivity (Wildman–Crippen MR) is 105 cm³/mol. The molecule has 1 heterocycles.